The molecule has 0 bridgehead atoms. The number of hydrogen-bond donors (Lipinski definition) is 0. The first kappa shape index (κ1) is 17.5. The lowest BCUT2D eigenvalue weighted by atomic mass is 10.1. The molecular weight excluding hydrogens is 380 g/mol. The molecule has 2 aromatic rings. The van der Waals surface area contributed by atoms with Crippen LogP contribution in [0.5, 0.6) is 5.75 Å². The summed E-state index contributed by atoms with van der Waals surface area (Å²) in [6.45, 7) is 4.56. The molecule has 0 aliphatic carbocycles. The van der Waals surface area contributed by atoms with Crippen LogP contribution in [0.3, 0.4) is 0 Å². The lowest BCUT2D eigenvalue weighted by Crippen LogP contribution is -2.44. The van der Waals surface area contributed by atoms with Gasteiger partial charge in [-0.2, -0.15) is 5.26 Å². The lowest BCUT2D eigenvalue weighted by Gasteiger charge is -2.27. The SMILES string of the molecule is CC(C)C(Oc1ccccc1C#N)C(=O)N1CCc2cc(Br)ccc21. The van der Waals surface area contributed by atoms with Gasteiger partial charge in [-0.1, -0.05) is 41.9 Å². The predicted molar refractivity (Wildman–Crippen MR) is 101 cm³/mol. The number of carbonyl (C=O) groups is 1. The van der Waals surface area contributed by atoms with Crippen molar-refractivity contribution in [3.05, 3.63) is 58.1 Å². The van der Waals surface area contributed by atoms with Crippen LogP contribution >= 0.6 is 15.9 Å². The summed E-state index contributed by atoms with van der Waals surface area (Å²) in [5, 5.41) is 9.25. The number of nitrogens with zero attached hydrogens (tertiary/aromatic N) is 2. The van der Waals surface area contributed by atoms with Crippen LogP contribution in [-0.4, -0.2) is 18.6 Å². The van der Waals surface area contributed by atoms with Crippen molar-refractivity contribution in [1.82, 2.24) is 0 Å². The third-order valence-electron chi connectivity index (χ3n) is 4.31. The van der Waals surface area contributed by atoms with E-state index in [0.29, 0.717) is 17.9 Å². The Balaban J connectivity index is 1.87. The van der Waals surface area contributed by atoms with E-state index in [9.17, 15) is 10.1 Å². The summed E-state index contributed by atoms with van der Waals surface area (Å²) in [4.78, 5) is 14.9. The van der Waals surface area contributed by atoms with Gasteiger partial charge in [-0.15, -0.1) is 0 Å². The number of fused-ring (bicyclic) bond motifs is 1. The van der Waals surface area contributed by atoms with Gasteiger partial charge in [-0.05, 0) is 48.2 Å². The second-order valence-corrected chi connectivity index (χ2v) is 7.32. The molecule has 0 fully saturated rings. The van der Waals surface area contributed by atoms with Crippen molar-refractivity contribution in [1.29, 1.82) is 5.26 Å². The standard InChI is InChI=1S/C20H19BrN2O2/c1-13(2)19(25-18-6-4-3-5-15(18)12-22)20(24)23-10-9-14-11-16(21)7-8-17(14)23/h3-8,11,13,19H,9-10H2,1-2H3. The second-order valence-electron chi connectivity index (χ2n) is 6.40. The highest BCUT2D eigenvalue weighted by Crippen LogP contribution is 2.32. The van der Waals surface area contributed by atoms with Crippen molar-refractivity contribution in [3.63, 3.8) is 0 Å². The van der Waals surface area contributed by atoms with Crippen LogP contribution in [0.2, 0.25) is 0 Å². The molecule has 0 aromatic heterocycles. The van der Waals surface area contributed by atoms with Crippen molar-refractivity contribution in [2.45, 2.75) is 26.4 Å². The summed E-state index contributed by atoms with van der Waals surface area (Å²) >= 11 is 3.48. The molecule has 1 unspecified atom stereocenters. The first-order chi connectivity index (χ1) is 12.0. The van der Waals surface area contributed by atoms with Gasteiger partial charge in [0.25, 0.3) is 5.91 Å². The molecule has 1 aliphatic rings. The summed E-state index contributed by atoms with van der Waals surface area (Å²) in [6, 6.07) is 15.1. The third kappa shape index (κ3) is 3.54. The summed E-state index contributed by atoms with van der Waals surface area (Å²) in [7, 11) is 0. The van der Waals surface area contributed by atoms with E-state index in [0.717, 1.165) is 22.1 Å². The topological polar surface area (TPSA) is 53.3 Å². The zero-order chi connectivity index (χ0) is 18.0. The largest absolute Gasteiger partial charge is 0.479 e. The number of nitriles is 1. The Hall–Kier alpha value is -2.32. The van der Waals surface area contributed by atoms with E-state index in [4.69, 9.17) is 4.74 Å². The fourth-order valence-corrected chi connectivity index (χ4v) is 3.43. The average Bonchev–Trinajstić information content (AvgIpc) is 3.02. The van der Waals surface area contributed by atoms with E-state index in [1.165, 1.54) is 0 Å². The van der Waals surface area contributed by atoms with Gasteiger partial charge in [-0.3, -0.25) is 4.79 Å². The quantitative estimate of drug-likeness (QED) is 0.770. The number of anilines is 1. The van der Waals surface area contributed by atoms with Crippen LogP contribution in [0.15, 0.2) is 46.9 Å². The van der Waals surface area contributed by atoms with E-state index in [1.54, 1.807) is 29.2 Å². The highest BCUT2D eigenvalue weighted by Gasteiger charge is 2.33. The van der Waals surface area contributed by atoms with Gasteiger partial charge in [-0.25, -0.2) is 0 Å². The summed E-state index contributed by atoms with van der Waals surface area (Å²) in [5.41, 5.74) is 2.53. The van der Waals surface area contributed by atoms with Crippen LogP contribution < -0.4 is 9.64 Å². The summed E-state index contributed by atoms with van der Waals surface area (Å²) < 4.78 is 7.00. The highest BCUT2D eigenvalue weighted by atomic mass is 79.9. The molecule has 1 atom stereocenters. The Bertz CT molecular complexity index is 842. The Kier molecular flexibility index (Phi) is 5.10. The fraction of sp³-hybridized carbons (Fsp3) is 0.300. The number of hydrogen-bond acceptors (Lipinski definition) is 3. The molecule has 128 valence electrons. The zero-order valence-electron chi connectivity index (χ0n) is 14.2. The molecule has 0 radical (unpaired) electrons. The molecular formula is C20H19BrN2O2. The Morgan fingerprint density at radius 1 is 1.28 bits per heavy atom. The number of amides is 1. The summed E-state index contributed by atoms with van der Waals surface area (Å²) in [6.07, 6.45) is 0.198. The molecule has 4 nitrogen and oxygen atoms in total. The Labute approximate surface area is 156 Å². The smallest absolute Gasteiger partial charge is 0.268 e. The first-order valence-electron chi connectivity index (χ1n) is 8.27. The molecule has 1 amide bonds. The van der Waals surface area contributed by atoms with Crippen molar-refractivity contribution < 1.29 is 9.53 Å². The zero-order valence-corrected chi connectivity index (χ0v) is 15.8. The highest BCUT2D eigenvalue weighted by molar-refractivity contribution is 9.10. The third-order valence-corrected chi connectivity index (χ3v) is 4.81. The first-order valence-corrected chi connectivity index (χ1v) is 9.06. The van der Waals surface area contributed by atoms with Crippen molar-refractivity contribution in [2.75, 3.05) is 11.4 Å². The molecule has 1 heterocycles. The van der Waals surface area contributed by atoms with Crippen LogP contribution in [-0.2, 0) is 11.2 Å². The van der Waals surface area contributed by atoms with Crippen molar-refractivity contribution in [2.24, 2.45) is 5.92 Å². The minimum absolute atomic E-state index is 0.0150. The van der Waals surface area contributed by atoms with Crippen LogP contribution in [0, 0.1) is 17.2 Å². The number of carbonyl (C=O) groups excluding carboxylic acids is 1. The minimum atomic E-state index is -0.635. The molecule has 1 aliphatic heterocycles. The van der Waals surface area contributed by atoms with Crippen LogP contribution in [0.25, 0.3) is 0 Å². The molecule has 0 saturated carbocycles. The van der Waals surface area contributed by atoms with Crippen molar-refractivity contribution >= 4 is 27.5 Å². The fourth-order valence-electron chi connectivity index (χ4n) is 3.02. The van der Waals surface area contributed by atoms with Gasteiger partial charge in [0.1, 0.15) is 11.8 Å². The molecule has 5 heteroatoms. The van der Waals surface area contributed by atoms with E-state index >= 15 is 0 Å². The van der Waals surface area contributed by atoms with Crippen molar-refractivity contribution in [3.8, 4) is 11.8 Å². The molecule has 3 rings (SSSR count). The number of rotatable bonds is 4. The maximum absolute atomic E-state index is 13.1. The molecule has 0 spiro atoms. The van der Waals surface area contributed by atoms with Gasteiger partial charge >= 0.3 is 0 Å². The van der Waals surface area contributed by atoms with Crippen LogP contribution in [0.1, 0.15) is 25.0 Å². The number of benzene rings is 2. The summed E-state index contributed by atoms with van der Waals surface area (Å²) in [5.74, 6) is 0.370. The maximum atomic E-state index is 13.1. The second kappa shape index (κ2) is 7.28. The van der Waals surface area contributed by atoms with Gasteiger partial charge in [0.15, 0.2) is 6.10 Å². The van der Waals surface area contributed by atoms with E-state index in [-0.39, 0.29) is 11.8 Å². The Morgan fingerprint density at radius 3 is 2.76 bits per heavy atom. The van der Waals surface area contributed by atoms with E-state index in [1.807, 2.05) is 26.0 Å². The number of para-hydroxylation sites is 1. The molecule has 0 saturated heterocycles. The number of halogens is 1. The molecule has 25 heavy (non-hydrogen) atoms. The monoisotopic (exact) mass is 398 g/mol. The van der Waals surface area contributed by atoms with Crippen LogP contribution in [0.4, 0.5) is 5.69 Å². The lowest BCUT2D eigenvalue weighted by molar-refractivity contribution is -0.127. The maximum Gasteiger partial charge on any atom is 0.268 e. The molecule has 2 aromatic carbocycles. The average molecular weight is 399 g/mol. The van der Waals surface area contributed by atoms with Gasteiger partial charge in [0.2, 0.25) is 0 Å². The minimum Gasteiger partial charge on any atom is -0.479 e. The molecule has 0 N–H and O–H groups in total. The van der Waals surface area contributed by atoms with Gasteiger partial charge in [0.05, 0.1) is 5.56 Å². The van der Waals surface area contributed by atoms with Gasteiger partial charge < -0.3 is 9.64 Å². The van der Waals surface area contributed by atoms with E-state index < -0.39 is 6.10 Å². The predicted octanol–water partition coefficient (Wildman–Crippen LogP) is 4.31. The normalized spacial score (nSPS) is 14.1. The number of ether oxygens (including phenoxy) is 1. The van der Waals surface area contributed by atoms with Gasteiger partial charge in [0, 0.05) is 16.7 Å². The Morgan fingerprint density at radius 2 is 2.04 bits per heavy atom. The van der Waals surface area contributed by atoms with E-state index in [2.05, 4.69) is 28.1 Å².